The molecule has 2 aromatic carbocycles. The Bertz CT molecular complexity index is 896. The Hall–Kier alpha value is -2.27. The Morgan fingerprint density at radius 1 is 0.938 bits per heavy atom. The molecule has 0 aromatic heterocycles. The molecule has 174 valence electrons. The summed E-state index contributed by atoms with van der Waals surface area (Å²) < 4.78 is 0. The number of carbonyl (C=O) groups is 2. The van der Waals surface area contributed by atoms with Crippen molar-refractivity contribution >= 4 is 23.6 Å². The van der Waals surface area contributed by atoms with Gasteiger partial charge in [0.15, 0.2) is 0 Å². The summed E-state index contributed by atoms with van der Waals surface area (Å²) in [6, 6.07) is 14.2. The van der Waals surface area contributed by atoms with Crippen molar-refractivity contribution in [2.75, 3.05) is 5.75 Å². The quantitative estimate of drug-likeness (QED) is 0.539. The van der Waals surface area contributed by atoms with E-state index in [4.69, 9.17) is 0 Å². The van der Waals surface area contributed by atoms with Gasteiger partial charge in [-0.05, 0) is 59.1 Å². The summed E-state index contributed by atoms with van der Waals surface area (Å²) in [7, 11) is 0. The number of benzene rings is 2. The molecule has 0 heterocycles. The highest BCUT2D eigenvalue weighted by atomic mass is 32.2. The number of thioether (sulfide) groups is 1. The molecule has 2 amide bonds. The van der Waals surface area contributed by atoms with E-state index >= 15 is 0 Å². The Labute approximate surface area is 198 Å². The third-order valence-corrected chi connectivity index (χ3v) is 6.12. The van der Waals surface area contributed by atoms with E-state index in [2.05, 4.69) is 37.4 Å². The summed E-state index contributed by atoms with van der Waals surface area (Å²) in [5.74, 6) is 1.02. The van der Waals surface area contributed by atoms with E-state index in [1.54, 1.807) is 16.7 Å². The smallest absolute Gasteiger partial charge is 0.243 e. The van der Waals surface area contributed by atoms with Gasteiger partial charge in [-0.3, -0.25) is 9.59 Å². The summed E-state index contributed by atoms with van der Waals surface area (Å²) in [5.41, 5.74) is 5.55. The highest BCUT2D eigenvalue weighted by Crippen LogP contribution is 2.19. The molecule has 1 atom stereocenters. The minimum Gasteiger partial charge on any atom is -0.350 e. The predicted octanol–water partition coefficient (Wildman–Crippen LogP) is 5.57. The molecule has 0 saturated heterocycles. The first-order valence-electron chi connectivity index (χ1n) is 11.3. The van der Waals surface area contributed by atoms with E-state index in [-0.39, 0.29) is 17.4 Å². The second-order valence-electron chi connectivity index (χ2n) is 9.66. The lowest BCUT2D eigenvalue weighted by Crippen LogP contribution is -2.53. The van der Waals surface area contributed by atoms with Crippen molar-refractivity contribution in [3.63, 3.8) is 0 Å². The van der Waals surface area contributed by atoms with E-state index < -0.39 is 6.04 Å². The Morgan fingerprint density at radius 3 is 2.06 bits per heavy atom. The van der Waals surface area contributed by atoms with Crippen molar-refractivity contribution in [3.8, 4) is 0 Å². The third-order valence-electron chi connectivity index (χ3n) is 5.13. The largest absolute Gasteiger partial charge is 0.350 e. The first-order valence-corrected chi connectivity index (χ1v) is 12.5. The monoisotopic (exact) mass is 454 g/mol. The SMILES string of the molecule is CC[C@H](C(=O)NC(C)(C)C)N(Cc1ccc(C)cc1)C(=O)CSCc1cc(C)cc(C)c1. The van der Waals surface area contributed by atoms with Gasteiger partial charge in [0.05, 0.1) is 5.75 Å². The number of carbonyl (C=O) groups excluding carboxylic acids is 2. The van der Waals surface area contributed by atoms with Crippen LogP contribution in [-0.2, 0) is 21.9 Å². The molecule has 0 aliphatic rings. The molecule has 0 saturated carbocycles. The average molecular weight is 455 g/mol. The van der Waals surface area contributed by atoms with Gasteiger partial charge in [0.2, 0.25) is 11.8 Å². The van der Waals surface area contributed by atoms with Gasteiger partial charge in [-0.2, -0.15) is 0 Å². The van der Waals surface area contributed by atoms with Crippen LogP contribution in [0.4, 0.5) is 0 Å². The van der Waals surface area contributed by atoms with Crippen molar-refractivity contribution in [2.45, 2.75) is 78.8 Å². The number of nitrogens with zero attached hydrogens (tertiary/aromatic N) is 1. The lowest BCUT2D eigenvalue weighted by molar-refractivity contribution is -0.140. The van der Waals surface area contributed by atoms with E-state index in [0.717, 1.165) is 11.3 Å². The highest BCUT2D eigenvalue weighted by molar-refractivity contribution is 7.99. The topological polar surface area (TPSA) is 49.4 Å². The number of aryl methyl sites for hydroxylation is 3. The zero-order valence-corrected chi connectivity index (χ0v) is 21.4. The molecule has 0 aliphatic carbocycles. The van der Waals surface area contributed by atoms with E-state index in [1.807, 2.05) is 58.9 Å². The Morgan fingerprint density at radius 2 is 1.53 bits per heavy atom. The zero-order valence-electron chi connectivity index (χ0n) is 20.6. The van der Waals surface area contributed by atoms with Crippen LogP contribution in [0.15, 0.2) is 42.5 Å². The van der Waals surface area contributed by atoms with Crippen molar-refractivity contribution in [1.82, 2.24) is 10.2 Å². The van der Waals surface area contributed by atoms with Crippen LogP contribution in [0.5, 0.6) is 0 Å². The van der Waals surface area contributed by atoms with E-state index in [1.165, 1.54) is 22.3 Å². The molecule has 2 aromatic rings. The minimum atomic E-state index is -0.496. The maximum atomic E-state index is 13.3. The standard InChI is InChI=1S/C27H38N2O2S/c1-8-24(26(31)28-27(5,6)7)29(16-22-11-9-19(2)10-12-22)25(30)18-32-17-23-14-20(3)13-21(4)15-23/h9-15,24H,8,16-18H2,1-7H3,(H,28,31)/t24-/m1/s1. The Kier molecular flexibility index (Phi) is 9.38. The van der Waals surface area contributed by atoms with Crippen LogP contribution in [0, 0.1) is 20.8 Å². The summed E-state index contributed by atoms with van der Waals surface area (Å²) >= 11 is 1.60. The number of nitrogens with one attached hydrogen (secondary N) is 1. The van der Waals surface area contributed by atoms with Crippen LogP contribution in [0.1, 0.15) is 61.9 Å². The third kappa shape index (κ3) is 8.34. The molecule has 5 heteroatoms. The minimum absolute atomic E-state index is 0.00383. The van der Waals surface area contributed by atoms with Crippen LogP contribution < -0.4 is 5.32 Å². The maximum Gasteiger partial charge on any atom is 0.243 e. The maximum absolute atomic E-state index is 13.3. The van der Waals surface area contributed by atoms with E-state index in [9.17, 15) is 9.59 Å². The van der Waals surface area contributed by atoms with Gasteiger partial charge in [0, 0.05) is 17.8 Å². The molecule has 0 bridgehead atoms. The van der Waals surface area contributed by atoms with Gasteiger partial charge < -0.3 is 10.2 Å². The summed E-state index contributed by atoms with van der Waals surface area (Å²) in [4.78, 5) is 28.1. The van der Waals surface area contributed by atoms with Crippen molar-refractivity contribution < 1.29 is 9.59 Å². The van der Waals surface area contributed by atoms with Crippen LogP contribution >= 0.6 is 11.8 Å². The number of rotatable bonds is 9. The zero-order chi connectivity index (χ0) is 23.9. The van der Waals surface area contributed by atoms with Gasteiger partial charge in [0.1, 0.15) is 6.04 Å². The average Bonchev–Trinajstić information content (AvgIpc) is 2.67. The van der Waals surface area contributed by atoms with Crippen LogP contribution in [0.3, 0.4) is 0 Å². The number of amides is 2. The number of hydrogen-bond acceptors (Lipinski definition) is 3. The van der Waals surface area contributed by atoms with Gasteiger partial charge in [0.25, 0.3) is 0 Å². The fourth-order valence-electron chi connectivity index (χ4n) is 3.75. The lowest BCUT2D eigenvalue weighted by atomic mass is 10.1. The molecule has 0 spiro atoms. The Balaban J connectivity index is 2.16. The summed E-state index contributed by atoms with van der Waals surface area (Å²) in [6.45, 7) is 14.5. The van der Waals surface area contributed by atoms with Crippen LogP contribution in [0.2, 0.25) is 0 Å². The first-order chi connectivity index (χ1) is 15.0. The van der Waals surface area contributed by atoms with Crippen molar-refractivity contribution in [3.05, 3.63) is 70.3 Å². The van der Waals surface area contributed by atoms with Gasteiger partial charge in [-0.25, -0.2) is 0 Å². The first kappa shape index (κ1) is 26.0. The molecule has 0 aliphatic heterocycles. The molecule has 4 nitrogen and oxygen atoms in total. The normalized spacial score (nSPS) is 12.3. The molecule has 2 rings (SSSR count). The van der Waals surface area contributed by atoms with Gasteiger partial charge in [-0.1, -0.05) is 66.1 Å². The second kappa shape index (κ2) is 11.6. The second-order valence-corrected chi connectivity index (χ2v) is 10.6. The molecule has 0 radical (unpaired) electrons. The van der Waals surface area contributed by atoms with Gasteiger partial charge in [-0.15, -0.1) is 11.8 Å². The van der Waals surface area contributed by atoms with E-state index in [0.29, 0.717) is 18.7 Å². The molecule has 32 heavy (non-hydrogen) atoms. The van der Waals surface area contributed by atoms with Gasteiger partial charge >= 0.3 is 0 Å². The van der Waals surface area contributed by atoms with Crippen LogP contribution in [0.25, 0.3) is 0 Å². The highest BCUT2D eigenvalue weighted by Gasteiger charge is 2.30. The van der Waals surface area contributed by atoms with Crippen molar-refractivity contribution in [2.24, 2.45) is 0 Å². The number of hydrogen-bond donors (Lipinski definition) is 1. The van der Waals surface area contributed by atoms with Crippen LogP contribution in [-0.4, -0.2) is 34.0 Å². The molecular weight excluding hydrogens is 416 g/mol. The summed E-state index contributed by atoms with van der Waals surface area (Å²) in [5, 5.41) is 3.06. The fourth-order valence-corrected chi connectivity index (χ4v) is 4.60. The molecular formula is C27H38N2O2S. The van der Waals surface area contributed by atoms with Crippen molar-refractivity contribution in [1.29, 1.82) is 0 Å². The molecule has 0 fully saturated rings. The fraction of sp³-hybridized carbons (Fsp3) is 0.481. The lowest BCUT2D eigenvalue weighted by Gasteiger charge is -2.33. The molecule has 1 N–H and O–H groups in total. The summed E-state index contributed by atoms with van der Waals surface area (Å²) in [6.07, 6.45) is 0.571. The predicted molar refractivity (Wildman–Crippen MR) is 136 cm³/mol. The molecule has 0 unspecified atom stereocenters.